The Morgan fingerprint density at radius 3 is 2.84 bits per heavy atom. The molecule has 1 aromatic heterocycles. The highest BCUT2D eigenvalue weighted by atomic mass is 79.9. The molecule has 3 nitrogen and oxygen atoms in total. The second-order valence-corrected chi connectivity index (χ2v) is 6.37. The highest BCUT2D eigenvalue weighted by molar-refractivity contribution is 9.11. The van der Waals surface area contributed by atoms with E-state index in [1.165, 1.54) is 18.2 Å². The Labute approximate surface area is 122 Å². The fourth-order valence-electron chi connectivity index (χ4n) is 1.55. The van der Waals surface area contributed by atoms with Gasteiger partial charge in [-0.2, -0.15) is 0 Å². The van der Waals surface area contributed by atoms with Crippen LogP contribution in [0.5, 0.6) is 5.75 Å². The predicted octanol–water partition coefficient (Wildman–Crippen LogP) is 4.43. The van der Waals surface area contributed by atoms with Gasteiger partial charge in [0.1, 0.15) is 18.2 Å². The molecule has 1 heterocycles. The predicted molar refractivity (Wildman–Crippen MR) is 76.7 cm³/mol. The summed E-state index contributed by atoms with van der Waals surface area (Å²) in [7, 11) is 0. The van der Waals surface area contributed by atoms with Crippen LogP contribution in [0.1, 0.15) is 17.4 Å². The third kappa shape index (κ3) is 3.54. The van der Waals surface area contributed by atoms with Crippen molar-refractivity contribution in [3.05, 3.63) is 50.4 Å². The molecule has 2 aromatic rings. The number of rotatable bonds is 4. The van der Waals surface area contributed by atoms with Crippen molar-refractivity contribution in [2.45, 2.75) is 13.5 Å². The molecule has 1 N–H and O–H groups in total. The Morgan fingerprint density at radius 2 is 2.21 bits per heavy atom. The van der Waals surface area contributed by atoms with Crippen LogP contribution in [0.2, 0.25) is 0 Å². The first kappa shape index (κ1) is 14.0. The minimum atomic E-state index is -0.392. The molecule has 100 valence electrons. The van der Waals surface area contributed by atoms with E-state index in [2.05, 4.69) is 21.1 Å². The molecular formula is C13H11BrFNO2S. The van der Waals surface area contributed by atoms with Gasteiger partial charge < -0.3 is 9.94 Å². The van der Waals surface area contributed by atoms with Crippen molar-refractivity contribution < 1.29 is 14.3 Å². The summed E-state index contributed by atoms with van der Waals surface area (Å²) in [5, 5.41) is 11.9. The first-order valence-electron chi connectivity index (χ1n) is 5.45. The summed E-state index contributed by atoms with van der Waals surface area (Å²) < 4.78 is 19.9. The van der Waals surface area contributed by atoms with Crippen molar-refractivity contribution in [2.75, 3.05) is 0 Å². The van der Waals surface area contributed by atoms with E-state index >= 15 is 0 Å². The lowest BCUT2D eigenvalue weighted by molar-refractivity contribution is 0.305. The van der Waals surface area contributed by atoms with E-state index in [0.717, 1.165) is 8.66 Å². The van der Waals surface area contributed by atoms with Crippen molar-refractivity contribution >= 4 is 33.0 Å². The number of halogens is 2. The Morgan fingerprint density at radius 1 is 1.42 bits per heavy atom. The van der Waals surface area contributed by atoms with Crippen molar-refractivity contribution in [3.8, 4) is 5.75 Å². The van der Waals surface area contributed by atoms with Gasteiger partial charge in [-0.05, 0) is 47.1 Å². The minimum Gasteiger partial charge on any atom is -0.487 e. The third-order valence-corrected chi connectivity index (χ3v) is 4.08. The largest absolute Gasteiger partial charge is 0.487 e. The maximum absolute atomic E-state index is 13.3. The average molecular weight is 344 g/mol. The van der Waals surface area contributed by atoms with Crippen LogP contribution >= 0.6 is 27.3 Å². The Bertz CT molecular complexity index is 612. The van der Waals surface area contributed by atoms with E-state index in [1.807, 2.05) is 12.1 Å². The lowest BCUT2D eigenvalue weighted by atomic mass is 10.1. The van der Waals surface area contributed by atoms with Crippen molar-refractivity contribution in [2.24, 2.45) is 5.16 Å². The van der Waals surface area contributed by atoms with Gasteiger partial charge >= 0.3 is 0 Å². The summed E-state index contributed by atoms with van der Waals surface area (Å²) in [4.78, 5) is 1.01. The van der Waals surface area contributed by atoms with E-state index in [0.29, 0.717) is 23.6 Å². The molecule has 0 fully saturated rings. The topological polar surface area (TPSA) is 41.8 Å². The van der Waals surface area contributed by atoms with Gasteiger partial charge in [0.15, 0.2) is 0 Å². The zero-order valence-electron chi connectivity index (χ0n) is 10.1. The number of nitrogens with zero attached hydrogens (tertiary/aromatic N) is 1. The zero-order chi connectivity index (χ0) is 13.8. The third-order valence-electron chi connectivity index (χ3n) is 2.48. The number of oxime groups is 1. The molecule has 0 spiro atoms. The monoisotopic (exact) mass is 343 g/mol. The van der Waals surface area contributed by atoms with Gasteiger partial charge in [-0.1, -0.05) is 5.16 Å². The molecule has 2 rings (SSSR count). The quantitative estimate of drug-likeness (QED) is 0.507. The molecule has 0 bridgehead atoms. The second-order valence-electron chi connectivity index (χ2n) is 3.82. The lowest BCUT2D eigenvalue weighted by Crippen LogP contribution is -2.02. The number of hydrogen-bond acceptors (Lipinski definition) is 4. The number of thiophene rings is 1. The average Bonchev–Trinajstić information content (AvgIpc) is 2.81. The number of hydrogen-bond donors (Lipinski definition) is 1. The molecule has 0 radical (unpaired) electrons. The van der Waals surface area contributed by atoms with Crippen LogP contribution in [0.25, 0.3) is 0 Å². The molecule has 0 saturated heterocycles. The van der Waals surface area contributed by atoms with Crippen LogP contribution in [0, 0.1) is 5.82 Å². The van der Waals surface area contributed by atoms with Gasteiger partial charge in [0.25, 0.3) is 0 Å². The van der Waals surface area contributed by atoms with Gasteiger partial charge in [0.05, 0.1) is 9.50 Å². The van der Waals surface area contributed by atoms with Crippen molar-refractivity contribution in [3.63, 3.8) is 0 Å². The molecule has 0 unspecified atom stereocenters. The Kier molecular flexibility index (Phi) is 4.55. The molecule has 0 aliphatic carbocycles. The summed E-state index contributed by atoms with van der Waals surface area (Å²) in [6, 6.07) is 7.98. The van der Waals surface area contributed by atoms with Crippen LogP contribution in [0.4, 0.5) is 4.39 Å². The van der Waals surface area contributed by atoms with Crippen LogP contribution < -0.4 is 4.74 Å². The molecule has 0 aliphatic rings. The minimum absolute atomic E-state index is 0.339. The van der Waals surface area contributed by atoms with Crippen LogP contribution in [-0.2, 0) is 6.61 Å². The summed E-state index contributed by atoms with van der Waals surface area (Å²) in [5.41, 5.74) is 0.946. The smallest absolute Gasteiger partial charge is 0.131 e. The molecule has 6 heteroatoms. The number of benzene rings is 1. The van der Waals surface area contributed by atoms with Gasteiger partial charge in [-0.15, -0.1) is 11.3 Å². The van der Waals surface area contributed by atoms with Crippen molar-refractivity contribution in [1.82, 2.24) is 0 Å². The normalized spacial score (nSPS) is 11.6. The standard InChI is InChI=1S/C13H11BrFNO2S/c1-8(16-17)11-4-2-9(15)6-12(11)18-7-10-3-5-13(14)19-10/h2-6,17H,7H2,1H3. The van der Waals surface area contributed by atoms with Crippen molar-refractivity contribution in [1.29, 1.82) is 0 Å². The maximum Gasteiger partial charge on any atom is 0.131 e. The molecule has 1 aromatic carbocycles. The van der Waals surface area contributed by atoms with Crippen LogP contribution in [-0.4, -0.2) is 10.9 Å². The van der Waals surface area contributed by atoms with E-state index in [4.69, 9.17) is 9.94 Å². The lowest BCUT2D eigenvalue weighted by Gasteiger charge is -2.10. The van der Waals surface area contributed by atoms with E-state index in [1.54, 1.807) is 18.3 Å². The Balaban J connectivity index is 2.21. The van der Waals surface area contributed by atoms with Gasteiger partial charge in [0.2, 0.25) is 0 Å². The zero-order valence-corrected chi connectivity index (χ0v) is 12.5. The fourth-order valence-corrected chi connectivity index (χ4v) is 2.94. The summed E-state index contributed by atoms with van der Waals surface area (Å²) in [6.07, 6.45) is 0. The molecule has 0 atom stereocenters. The van der Waals surface area contributed by atoms with Crippen LogP contribution in [0.15, 0.2) is 39.3 Å². The molecule has 0 amide bonds. The first-order valence-corrected chi connectivity index (χ1v) is 7.06. The van der Waals surface area contributed by atoms with Gasteiger partial charge in [-0.3, -0.25) is 0 Å². The van der Waals surface area contributed by atoms with E-state index < -0.39 is 5.82 Å². The van der Waals surface area contributed by atoms with Crippen LogP contribution in [0.3, 0.4) is 0 Å². The van der Waals surface area contributed by atoms with Gasteiger partial charge in [0, 0.05) is 16.5 Å². The van der Waals surface area contributed by atoms with E-state index in [-0.39, 0.29) is 0 Å². The first-order chi connectivity index (χ1) is 9.10. The fraction of sp³-hybridized carbons (Fsp3) is 0.154. The molecule has 0 aliphatic heterocycles. The van der Waals surface area contributed by atoms with Gasteiger partial charge in [-0.25, -0.2) is 4.39 Å². The highest BCUT2D eigenvalue weighted by Gasteiger charge is 2.10. The number of ether oxygens (including phenoxy) is 1. The Hall–Kier alpha value is -1.40. The molecule has 19 heavy (non-hydrogen) atoms. The maximum atomic E-state index is 13.3. The summed E-state index contributed by atoms with van der Waals surface area (Å²) >= 11 is 4.92. The summed E-state index contributed by atoms with van der Waals surface area (Å²) in [6.45, 7) is 1.97. The highest BCUT2D eigenvalue weighted by Crippen LogP contribution is 2.26. The summed E-state index contributed by atoms with van der Waals surface area (Å²) in [5.74, 6) is -0.0309. The second kappa shape index (κ2) is 6.16. The molecule has 0 saturated carbocycles. The van der Waals surface area contributed by atoms with E-state index in [9.17, 15) is 4.39 Å². The SMILES string of the molecule is CC(=NO)c1ccc(F)cc1OCc1ccc(Br)s1. The molecular weight excluding hydrogens is 333 g/mol.